The van der Waals surface area contributed by atoms with E-state index in [1.807, 2.05) is 0 Å². The average Bonchev–Trinajstić information content (AvgIpc) is 2.88. The van der Waals surface area contributed by atoms with Crippen LogP contribution in [0.4, 0.5) is 13.2 Å². The van der Waals surface area contributed by atoms with Crippen molar-refractivity contribution in [2.24, 2.45) is 11.8 Å². The molecule has 3 aromatic carbocycles. The van der Waals surface area contributed by atoms with Crippen LogP contribution in [0.1, 0.15) is 60.5 Å². The van der Waals surface area contributed by atoms with E-state index in [0.717, 1.165) is 36.8 Å². The first-order valence-corrected chi connectivity index (χ1v) is 13.5. The summed E-state index contributed by atoms with van der Waals surface area (Å²) in [6.45, 7) is 6.14. The largest absolute Gasteiger partial charge is 0.487 e. The fourth-order valence-electron chi connectivity index (χ4n) is 5.38. The van der Waals surface area contributed by atoms with Crippen molar-refractivity contribution < 1.29 is 32.6 Å². The Labute approximate surface area is 236 Å². The molecule has 1 aliphatic carbocycles. The van der Waals surface area contributed by atoms with Crippen molar-refractivity contribution in [1.82, 2.24) is 5.32 Å². The van der Waals surface area contributed by atoms with Crippen LogP contribution >= 0.6 is 11.6 Å². The van der Waals surface area contributed by atoms with Crippen molar-refractivity contribution in [3.63, 3.8) is 0 Å². The Bertz CT molecular complexity index is 1400. The zero-order valence-electron chi connectivity index (χ0n) is 22.1. The highest BCUT2D eigenvalue weighted by atomic mass is 35.5. The predicted molar refractivity (Wildman–Crippen MR) is 149 cm³/mol. The monoisotopic (exact) mass is 573 g/mol. The third-order valence-electron chi connectivity index (χ3n) is 7.26. The molecule has 0 bridgehead atoms. The zero-order chi connectivity index (χ0) is 29.0. The van der Waals surface area contributed by atoms with E-state index in [2.05, 4.69) is 18.8 Å². The van der Waals surface area contributed by atoms with E-state index in [-0.39, 0.29) is 24.3 Å². The molecule has 9 heteroatoms. The second-order valence-corrected chi connectivity index (χ2v) is 11.0. The van der Waals surface area contributed by atoms with Gasteiger partial charge in [0.2, 0.25) is 0 Å². The number of carbonyl (C=O) groups is 2. The molecule has 2 unspecified atom stereocenters. The number of rotatable bonds is 9. The van der Waals surface area contributed by atoms with Crippen LogP contribution < -0.4 is 10.1 Å². The second-order valence-electron chi connectivity index (χ2n) is 10.6. The lowest BCUT2D eigenvalue weighted by Gasteiger charge is -2.29. The Hall–Kier alpha value is -3.52. The summed E-state index contributed by atoms with van der Waals surface area (Å²) in [4.78, 5) is 25.5. The van der Waals surface area contributed by atoms with Gasteiger partial charge in [-0.25, -0.2) is 4.79 Å². The minimum Gasteiger partial charge on any atom is -0.487 e. The van der Waals surface area contributed by atoms with Crippen LogP contribution in [0.15, 0.2) is 66.7 Å². The molecule has 212 valence electrons. The van der Waals surface area contributed by atoms with Crippen LogP contribution in [0.25, 0.3) is 10.8 Å². The highest BCUT2D eigenvalue weighted by Gasteiger charge is 2.30. The molecule has 3 atom stereocenters. The Morgan fingerprint density at radius 1 is 1.12 bits per heavy atom. The third-order valence-corrected chi connectivity index (χ3v) is 7.50. The Morgan fingerprint density at radius 2 is 1.82 bits per heavy atom. The first kappa shape index (κ1) is 29.5. The number of carboxylic acids is 1. The molecule has 1 fully saturated rings. The molecular weight excluding hydrogens is 543 g/mol. The summed E-state index contributed by atoms with van der Waals surface area (Å²) >= 11 is 6.21. The molecule has 0 radical (unpaired) electrons. The molecule has 40 heavy (non-hydrogen) atoms. The second kappa shape index (κ2) is 12.3. The third kappa shape index (κ3) is 7.36. The Morgan fingerprint density at radius 3 is 2.48 bits per heavy atom. The Balaban J connectivity index is 1.55. The van der Waals surface area contributed by atoms with Gasteiger partial charge in [0.15, 0.2) is 0 Å². The molecule has 2 N–H and O–H groups in total. The van der Waals surface area contributed by atoms with Gasteiger partial charge in [0.25, 0.3) is 5.91 Å². The van der Waals surface area contributed by atoms with Gasteiger partial charge in [-0.3, -0.25) is 4.79 Å². The fraction of sp³-hybridized carbons (Fsp3) is 0.355. The quantitative estimate of drug-likeness (QED) is 0.254. The Kier molecular flexibility index (Phi) is 9.08. The molecule has 0 aromatic heterocycles. The van der Waals surface area contributed by atoms with Gasteiger partial charge < -0.3 is 15.2 Å². The first-order chi connectivity index (χ1) is 18.9. The predicted octanol–water partition coefficient (Wildman–Crippen LogP) is 8.05. The van der Waals surface area contributed by atoms with Crippen LogP contribution in [0.3, 0.4) is 0 Å². The maximum atomic E-state index is 13.4. The number of amides is 1. The van der Waals surface area contributed by atoms with Crippen molar-refractivity contribution in [3.8, 4) is 5.75 Å². The molecule has 1 amide bonds. The fourth-order valence-corrected chi connectivity index (χ4v) is 5.55. The summed E-state index contributed by atoms with van der Waals surface area (Å²) in [5.74, 6) is -0.775. The van der Waals surface area contributed by atoms with E-state index in [1.165, 1.54) is 17.7 Å². The van der Waals surface area contributed by atoms with Crippen LogP contribution in [-0.2, 0) is 17.6 Å². The summed E-state index contributed by atoms with van der Waals surface area (Å²) in [5, 5.41) is 14.1. The van der Waals surface area contributed by atoms with Crippen molar-refractivity contribution in [1.29, 1.82) is 0 Å². The lowest BCUT2D eigenvalue weighted by Crippen LogP contribution is -2.41. The van der Waals surface area contributed by atoms with Crippen LogP contribution in [0, 0.1) is 11.8 Å². The van der Waals surface area contributed by atoms with Gasteiger partial charge in [-0.15, -0.1) is 0 Å². The van der Waals surface area contributed by atoms with Crippen LogP contribution in [0.5, 0.6) is 5.75 Å². The minimum absolute atomic E-state index is 0.104. The number of aliphatic carboxylic acids is 1. The van der Waals surface area contributed by atoms with Crippen LogP contribution in [0.2, 0.25) is 5.02 Å². The van der Waals surface area contributed by atoms with Gasteiger partial charge in [-0.05, 0) is 85.2 Å². The summed E-state index contributed by atoms with van der Waals surface area (Å²) in [6, 6.07) is 11.8. The van der Waals surface area contributed by atoms with Gasteiger partial charge in [0.05, 0.1) is 11.1 Å². The van der Waals surface area contributed by atoms with Gasteiger partial charge >= 0.3 is 12.1 Å². The summed E-state index contributed by atoms with van der Waals surface area (Å²) in [7, 11) is 0. The summed E-state index contributed by atoms with van der Waals surface area (Å²) < 4.78 is 44.8. The molecule has 0 spiro atoms. The number of allylic oxidation sites excluding steroid dienone is 1. The number of ether oxygens (including phenoxy) is 1. The number of alkyl halides is 3. The number of carbonyl (C=O) groups excluding carboxylic acids is 1. The van der Waals surface area contributed by atoms with E-state index < -0.39 is 29.7 Å². The molecule has 0 saturated heterocycles. The number of benzene rings is 3. The van der Waals surface area contributed by atoms with Crippen LogP contribution in [-0.4, -0.2) is 23.0 Å². The molecule has 0 aliphatic heterocycles. The standard InChI is InChI=1S/C31H31ClF3NO4/c1-18-13-19(2)15-21(14-18)5-12-27(30(38)39)36-29(37)25-11-7-22-6-10-24(32)16-26(22)28(25)40-17-20-3-8-23(9-4-20)31(33,34)35/h3-4,6-11,16,19,21,27H,1,5,12-15,17H2,2H3,(H,36,37)(H,38,39)/t19?,21?,27-/m0/s1. The van der Waals surface area contributed by atoms with E-state index in [9.17, 15) is 27.9 Å². The maximum Gasteiger partial charge on any atom is 0.416 e. The molecule has 5 nitrogen and oxygen atoms in total. The minimum atomic E-state index is -4.46. The molecule has 0 heterocycles. The highest BCUT2D eigenvalue weighted by Crippen LogP contribution is 2.36. The smallest absolute Gasteiger partial charge is 0.416 e. The molecular formula is C31H31ClF3NO4. The number of hydrogen-bond donors (Lipinski definition) is 2. The average molecular weight is 574 g/mol. The topological polar surface area (TPSA) is 75.6 Å². The molecule has 1 aliphatic rings. The zero-order valence-corrected chi connectivity index (χ0v) is 22.8. The number of halogens is 4. The number of carboxylic acid groups (broad SMARTS) is 1. The van der Waals surface area contributed by atoms with E-state index in [1.54, 1.807) is 30.3 Å². The number of fused-ring (bicyclic) bond motifs is 1. The summed E-state index contributed by atoms with van der Waals surface area (Å²) in [5.41, 5.74) is 0.960. The van der Waals surface area contributed by atoms with E-state index in [4.69, 9.17) is 16.3 Å². The lowest BCUT2D eigenvalue weighted by molar-refractivity contribution is -0.139. The van der Waals surface area contributed by atoms with Gasteiger partial charge in [0.1, 0.15) is 18.4 Å². The molecule has 4 rings (SSSR count). The first-order valence-electron chi connectivity index (χ1n) is 13.1. The lowest BCUT2D eigenvalue weighted by atomic mass is 9.77. The summed E-state index contributed by atoms with van der Waals surface area (Å²) in [6.07, 6.45) is -0.708. The molecule has 3 aromatic rings. The van der Waals surface area contributed by atoms with Gasteiger partial charge in [-0.2, -0.15) is 13.2 Å². The molecule has 1 saturated carbocycles. The highest BCUT2D eigenvalue weighted by molar-refractivity contribution is 6.31. The van der Waals surface area contributed by atoms with Crippen molar-refractivity contribution in [2.45, 2.75) is 57.9 Å². The van der Waals surface area contributed by atoms with Crippen molar-refractivity contribution >= 4 is 34.2 Å². The maximum absolute atomic E-state index is 13.4. The normalized spacial score (nSPS) is 18.4. The number of nitrogens with one attached hydrogen (secondary N) is 1. The van der Waals surface area contributed by atoms with Gasteiger partial charge in [0, 0.05) is 10.4 Å². The number of hydrogen-bond acceptors (Lipinski definition) is 3. The SMILES string of the molecule is C=C1CC(C)CC(CC[C@H](NC(=O)c2ccc3ccc(Cl)cc3c2OCc2ccc(C(F)(F)F)cc2)C(=O)O)C1. The van der Waals surface area contributed by atoms with Crippen molar-refractivity contribution in [2.75, 3.05) is 0 Å². The van der Waals surface area contributed by atoms with E-state index in [0.29, 0.717) is 34.2 Å². The van der Waals surface area contributed by atoms with E-state index >= 15 is 0 Å². The van der Waals surface area contributed by atoms with Crippen molar-refractivity contribution in [3.05, 3.63) is 88.5 Å². The van der Waals surface area contributed by atoms with Gasteiger partial charge in [-0.1, -0.05) is 54.9 Å².